The molecule has 1 fully saturated rings. The van der Waals surface area contributed by atoms with Gasteiger partial charge in [-0.15, -0.1) is 0 Å². The summed E-state index contributed by atoms with van der Waals surface area (Å²) in [5, 5.41) is 16.0. The number of carbonyl (C=O) groups excluding carboxylic acids is 2. The van der Waals surface area contributed by atoms with E-state index >= 15 is 0 Å². The van der Waals surface area contributed by atoms with E-state index in [9.17, 15) is 19.1 Å². The molecule has 2 aromatic heterocycles. The average Bonchev–Trinajstić information content (AvgIpc) is 3.58. The first-order valence-corrected chi connectivity index (χ1v) is 12.2. The summed E-state index contributed by atoms with van der Waals surface area (Å²) < 4.78 is 15.8. The van der Waals surface area contributed by atoms with Crippen molar-refractivity contribution in [2.45, 2.75) is 73.1 Å². The smallest absolute Gasteiger partial charge is 0.244 e. The summed E-state index contributed by atoms with van der Waals surface area (Å²) in [6.45, 7) is 11.3. The van der Waals surface area contributed by atoms with Crippen molar-refractivity contribution in [3.8, 4) is 0 Å². The second-order valence-electron chi connectivity index (χ2n) is 7.41. The van der Waals surface area contributed by atoms with Crippen LogP contribution in [0.25, 0.3) is 0 Å². The van der Waals surface area contributed by atoms with Crippen LogP contribution in [0, 0.1) is 5.92 Å². The van der Waals surface area contributed by atoms with E-state index < -0.39 is 12.1 Å². The van der Waals surface area contributed by atoms with E-state index in [2.05, 4.69) is 20.4 Å². The zero-order valence-electron chi connectivity index (χ0n) is 21.0. The fraction of sp³-hybridized carbons (Fsp3) is 0.625. The van der Waals surface area contributed by atoms with E-state index in [4.69, 9.17) is 0 Å². The van der Waals surface area contributed by atoms with Crippen molar-refractivity contribution in [2.75, 3.05) is 25.0 Å². The van der Waals surface area contributed by atoms with Crippen LogP contribution in [0.5, 0.6) is 0 Å². The number of aliphatic hydroxyl groups excluding tert-OH is 1. The third kappa shape index (κ3) is 8.48. The predicted molar refractivity (Wildman–Crippen MR) is 130 cm³/mol. The van der Waals surface area contributed by atoms with Gasteiger partial charge in [0.1, 0.15) is 24.4 Å². The third-order valence-corrected chi connectivity index (χ3v) is 5.26. The van der Waals surface area contributed by atoms with Crippen molar-refractivity contribution in [1.29, 1.82) is 0 Å². The Bertz CT molecular complexity index is 866. The number of nitrogens with zero attached hydrogens (tertiary/aromatic N) is 5. The number of ketones is 1. The number of hydrogen-bond donors (Lipinski definition) is 2. The zero-order chi connectivity index (χ0) is 25.5. The van der Waals surface area contributed by atoms with Gasteiger partial charge in [-0.2, -0.15) is 5.10 Å². The number of nitrogens with one attached hydrogen (secondary N) is 1. The standard InChI is InChI=1S/C20H27FN6O3.2C2H6/c1-2-14(12-28)9-17(21)24-20-15(10-22-13-23-20)19(30)16-5-8-27(25-16)11-18(29)26-6-3-4-7-26;2*1-2/h5,8,10,13-14,17,28H,2-4,6-7,9,11-12H2,1H3,(H,22,23,24);2*1-2H3. The van der Waals surface area contributed by atoms with E-state index in [1.54, 1.807) is 11.1 Å². The molecular weight excluding hydrogens is 439 g/mol. The minimum absolute atomic E-state index is 0.0327. The van der Waals surface area contributed by atoms with Gasteiger partial charge in [-0.25, -0.2) is 14.4 Å². The highest BCUT2D eigenvalue weighted by Gasteiger charge is 2.22. The number of aromatic nitrogens is 4. The Morgan fingerprint density at radius 1 is 1.21 bits per heavy atom. The number of amides is 1. The number of likely N-dealkylation sites (tertiary alicyclic amines) is 1. The maximum atomic E-state index is 14.4. The second kappa shape index (κ2) is 15.9. The van der Waals surface area contributed by atoms with Crippen LogP contribution in [-0.4, -0.2) is 67.4 Å². The van der Waals surface area contributed by atoms with E-state index in [1.165, 1.54) is 23.3 Å². The Balaban J connectivity index is 0.00000137. The Hall–Kier alpha value is -2.88. The molecule has 9 nitrogen and oxygen atoms in total. The molecule has 1 aliphatic heterocycles. The minimum Gasteiger partial charge on any atom is -0.396 e. The van der Waals surface area contributed by atoms with Crippen LogP contribution in [0.4, 0.5) is 10.2 Å². The number of rotatable bonds is 10. The maximum Gasteiger partial charge on any atom is 0.244 e. The van der Waals surface area contributed by atoms with Crippen LogP contribution in [0.15, 0.2) is 24.8 Å². The summed E-state index contributed by atoms with van der Waals surface area (Å²) >= 11 is 0. The number of carbonyl (C=O) groups is 2. The van der Waals surface area contributed by atoms with E-state index in [0.717, 1.165) is 25.9 Å². The SMILES string of the molecule is CC.CC.CCC(CO)CC(F)Nc1ncncc1C(=O)c1ccn(CC(=O)N2CCCC2)n1. The summed E-state index contributed by atoms with van der Waals surface area (Å²) in [4.78, 5) is 34.8. The fourth-order valence-electron chi connectivity index (χ4n) is 3.39. The van der Waals surface area contributed by atoms with Crippen molar-refractivity contribution in [3.05, 3.63) is 36.0 Å². The van der Waals surface area contributed by atoms with E-state index in [0.29, 0.717) is 6.42 Å². The summed E-state index contributed by atoms with van der Waals surface area (Å²) in [6.07, 6.45) is 5.38. The molecule has 2 aromatic rings. The first kappa shape index (κ1) is 29.2. The first-order chi connectivity index (χ1) is 16.5. The zero-order valence-corrected chi connectivity index (χ0v) is 21.0. The van der Waals surface area contributed by atoms with Gasteiger partial charge in [-0.3, -0.25) is 14.3 Å². The molecule has 2 N–H and O–H groups in total. The van der Waals surface area contributed by atoms with E-state index in [1.807, 2.05) is 34.6 Å². The first-order valence-electron chi connectivity index (χ1n) is 12.2. The largest absolute Gasteiger partial charge is 0.396 e. The molecule has 0 aliphatic carbocycles. The average molecular weight is 479 g/mol. The molecule has 0 saturated carbocycles. The van der Waals surface area contributed by atoms with Gasteiger partial charge in [0.15, 0.2) is 6.30 Å². The number of anilines is 1. The molecule has 0 bridgehead atoms. The normalized spacial score (nSPS) is 14.3. The molecule has 0 aromatic carbocycles. The summed E-state index contributed by atoms with van der Waals surface area (Å²) in [5.41, 5.74) is 0.215. The van der Waals surface area contributed by atoms with Crippen LogP contribution < -0.4 is 5.32 Å². The molecule has 190 valence electrons. The molecule has 1 saturated heterocycles. The van der Waals surface area contributed by atoms with Crippen molar-refractivity contribution in [3.63, 3.8) is 0 Å². The Morgan fingerprint density at radius 3 is 2.50 bits per heavy atom. The Labute approximate surface area is 201 Å². The molecule has 1 amide bonds. The van der Waals surface area contributed by atoms with Gasteiger partial charge in [0.25, 0.3) is 0 Å². The van der Waals surface area contributed by atoms with Crippen LogP contribution in [0.1, 0.15) is 76.4 Å². The molecule has 2 unspecified atom stereocenters. The van der Waals surface area contributed by atoms with Gasteiger partial charge < -0.3 is 15.3 Å². The van der Waals surface area contributed by atoms with Crippen molar-refractivity contribution >= 4 is 17.5 Å². The van der Waals surface area contributed by atoms with Crippen LogP contribution in [0.2, 0.25) is 0 Å². The minimum atomic E-state index is -1.47. The lowest BCUT2D eigenvalue weighted by molar-refractivity contribution is -0.130. The second-order valence-corrected chi connectivity index (χ2v) is 7.41. The monoisotopic (exact) mass is 478 g/mol. The van der Waals surface area contributed by atoms with Crippen LogP contribution in [0.3, 0.4) is 0 Å². The number of hydrogen-bond acceptors (Lipinski definition) is 7. The highest BCUT2D eigenvalue weighted by molar-refractivity contribution is 6.10. The Morgan fingerprint density at radius 2 is 1.88 bits per heavy atom. The molecule has 1 aliphatic rings. The van der Waals surface area contributed by atoms with Crippen LogP contribution >= 0.6 is 0 Å². The summed E-state index contributed by atoms with van der Waals surface area (Å²) in [5.74, 6) is -0.614. The van der Waals surface area contributed by atoms with Crippen molar-refractivity contribution < 1.29 is 19.1 Å². The lowest BCUT2D eigenvalue weighted by Crippen LogP contribution is -2.31. The quantitative estimate of drug-likeness (QED) is 0.395. The molecule has 0 radical (unpaired) electrons. The summed E-state index contributed by atoms with van der Waals surface area (Å²) in [6, 6.07) is 1.52. The molecule has 0 spiro atoms. The molecule has 34 heavy (non-hydrogen) atoms. The number of halogens is 1. The third-order valence-electron chi connectivity index (χ3n) is 5.26. The lowest BCUT2D eigenvalue weighted by Gasteiger charge is -2.17. The van der Waals surface area contributed by atoms with Gasteiger partial charge in [-0.05, 0) is 24.8 Å². The topological polar surface area (TPSA) is 113 Å². The van der Waals surface area contributed by atoms with Gasteiger partial charge in [0.2, 0.25) is 11.7 Å². The van der Waals surface area contributed by atoms with Gasteiger partial charge in [-0.1, -0.05) is 41.0 Å². The molecular formula is C24H39FN6O3. The molecule has 10 heteroatoms. The highest BCUT2D eigenvalue weighted by atomic mass is 19.1. The fourth-order valence-corrected chi connectivity index (χ4v) is 3.39. The van der Waals surface area contributed by atoms with Crippen LogP contribution in [-0.2, 0) is 11.3 Å². The lowest BCUT2D eigenvalue weighted by atomic mass is 10.0. The highest BCUT2D eigenvalue weighted by Crippen LogP contribution is 2.19. The maximum absolute atomic E-state index is 14.4. The van der Waals surface area contributed by atoms with Gasteiger partial charge in [0.05, 0.1) is 5.56 Å². The Kier molecular flexibility index (Phi) is 13.6. The molecule has 2 atom stereocenters. The molecule has 3 heterocycles. The van der Waals surface area contributed by atoms with Gasteiger partial charge >= 0.3 is 0 Å². The van der Waals surface area contributed by atoms with E-state index in [-0.39, 0.29) is 48.5 Å². The molecule has 3 rings (SSSR count). The number of alkyl halides is 1. The van der Waals surface area contributed by atoms with Crippen molar-refractivity contribution in [1.82, 2.24) is 24.6 Å². The number of aliphatic hydroxyl groups is 1. The predicted octanol–water partition coefficient (Wildman–Crippen LogP) is 3.70. The van der Waals surface area contributed by atoms with Crippen molar-refractivity contribution in [2.24, 2.45) is 5.92 Å². The van der Waals surface area contributed by atoms with Gasteiger partial charge in [0, 0.05) is 38.5 Å². The summed E-state index contributed by atoms with van der Waals surface area (Å²) in [7, 11) is 0.